The molecular weight excluding hydrogens is 468 g/mol. The lowest BCUT2D eigenvalue weighted by molar-refractivity contribution is -0.147. The van der Waals surface area contributed by atoms with Gasteiger partial charge in [0.05, 0.1) is 16.9 Å². The number of hydrogen-bond acceptors (Lipinski definition) is 5. The van der Waals surface area contributed by atoms with Crippen LogP contribution in [-0.2, 0) is 10.0 Å². The van der Waals surface area contributed by atoms with E-state index >= 15 is 0 Å². The lowest BCUT2D eigenvalue weighted by Gasteiger charge is -2.17. The second-order valence-corrected chi connectivity index (χ2v) is 9.69. The van der Waals surface area contributed by atoms with Gasteiger partial charge in [-0.3, -0.25) is 9.55 Å². The quantitative estimate of drug-likeness (QED) is 0.412. The SMILES string of the molecule is Cc1cc2c(cc1F)cc(-c1ccc(S(=O)(=O)NC(C)C(F)(F)F)cn1)n2-c1nccs1. The molecule has 1 aromatic carbocycles. The van der Waals surface area contributed by atoms with Crippen LogP contribution in [-0.4, -0.2) is 35.2 Å². The average Bonchev–Trinajstić information content (AvgIpc) is 3.35. The Morgan fingerprint density at radius 3 is 2.50 bits per heavy atom. The smallest absolute Gasteiger partial charge is 0.284 e. The lowest BCUT2D eigenvalue weighted by Crippen LogP contribution is -2.42. The highest BCUT2D eigenvalue weighted by Crippen LogP contribution is 2.33. The molecule has 4 aromatic rings. The molecule has 0 fully saturated rings. The number of rotatable bonds is 5. The number of pyridine rings is 1. The fourth-order valence-electron chi connectivity index (χ4n) is 3.11. The third-order valence-corrected chi connectivity index (χ3v) is 7.11. The van der Waals surface area contributed by atoms with Crippen LogP contribution in [0.4, 0.5) is 17.6 Å². The van der Waals surface area contributed by atoms with E-state index in [9.17, 15) is 26.0 Å². The van der Waals surface area contributed by atoms with Gasteiger partial charge in [-0.05, 0) is 49.7 Å². The summed E-state index contributed by atoms with van der Waals surface area (Å²) in [4.78, 5) is 8.06. The minimum atomic E-state index is -4.72. The third-order valence-electron chi connectivity index (χ3n) is 4.82. The first-order valence-electron chi connectivity index (χ1n) is 9.24. The van der Waals surface area contributed by atoms with E-state index in [1.54, 1.807) is 39.9 Å². The summed E-state index contributed by atoms with van der Waals surface area (Å²) in [7, 11) is -4.43. The van der Waals surface area contributed by atoms with E-state index in [1.807, 2.05) is 0 Å². The molecule has 0 aliphatic heterocycles. The highest BCUT2D eigenvalue weighted by molar-refractivity contribution is 7.89. The molecule has 0 amide bonds. The van der Waals surface area contributed by atoms with Gasteiger partial charge >= 0.3 is 6.18 Å². The van der Waals surface area contributed by atoms with Crippen LogP contribution in [0.15, 0.2) is 53.0 Å². The summed E-state index contributed by atoms with van der Waals surface area (Å²) in [6.45, 7) is 2.35. The summed E-state index contributed by atoms with van der Waals surface area (Å²) < 4.78 is 80.3. The number of alkyl halides is 3. The first-order valence-corrected chi connectivity index (χ1v) is 11.6. The van der Waals surface area contributed by atoms with Crippen molar-refractivity contribution in [2.75, 3.05) is 0 Å². The molecule has 1 atom stereocenters. The Morgan fingerprint density at radius 2 is 1.91 bits per heavy atom. The van der Waals surface area contributed by atoms with Gasteiger partial charge in [-0.15, -0.1) is 11.3 Å². The van der Waals surface area contributed by atoms with Crippen LogP contribution in [0.3, 0.4) is 0 Å². The van der Waals surface area contributed by atoms with Crippen LogP contribution in [0.2, 0.25) is 0 Å². The monoisotopic (exact) mass is 484 g/mol. The molecule has 0 saturated heterocycles. The Labute approximate surface area is 184 Å². The van der Waals surface area contributed by atoms with E-state index in [2.05, 4.69) is 9.97 Å². The number of hydrogen-bond donors (Lipinski definition) is 1. The largest absolute Gasteiger partial charge is 0.404 e. The number of aryl methyl sites for hydroxylation is 1. The molecule has 3 heterocycles. The van der Waals surface area contributed by atoms with Crippen molar-refractivity contribution in [3.05, 3.63) is 59.5 Å². The number of benzene rings is 1. The Morgan fingerprint density at radius 1 is 1.16 bits per heavy atom. The number of aromatic nitrogens is 3. The number of halogens is 4. The van der Waals surface area contributed by atoms with Crippen LogP contribution in [0.5, 0.6) is 0 Å². The van der Waals surface area contributed by atoms with E-state index in [1.165, 1.54) is 29.5 Å². The molecule has 168 valence electrons. The zero-order chi connectivity index (χ0) is 23.3. The molecule has 0 radical (unpaired) electrons. The van der Waals surface area contributed by atoms with Crippen molar-refractivity contribution >= 4 is 32.3 Å². The van der Waals surface area contributed by atoms with Gasteiger partial charge in [0.1, 0.15) is 16.8 Å². The summed E-state index contributed by atoms with van der Waals surface area (Å²) >= 11 is 1.35. The minimum absolute atomic E-state index is 0.345. The second kappa shape index (κ2) is 7.94. The summed E-state index contributed by atoms with van der Waals surface area (Å²) in [6, 6.07) is 5.06. The summed E-state index contributed by atoms with van der Waals surface area (Å²) in [6.07, 6.45) is -2.12. The molecule has 32 heavy (non-hydrogen) atoms. The Bertz CT molecular complexity index is 1380. The number of sulfonamides is 1. The van der Waals surface area contributed by atoms with Crippen molar-refractivity contribution in [2.24, 2.45) is 0 Å². The van der Waals surface area contributed by atoms with Crippen LogP contribution < -0.4 is 4.72 Å². The average molecular weight is 485 g/mol. The van der Waals surface area contributed by atoms with E-state index in [4.69, 9.17) is 0 Å². The molecule has 12 heteroatoms. The van der Waals surface area contributed by atoms with Gasteiger partial charge in [0, 0.05) is 23.2 Å². The van der Waals surface area contributed by atoms with Crippen molar-refractivity contribution in [1.29, 1.82) is 0 Å². The van der Waals surface area contributed by atoms with Gasteiger partial charge in [-0.25, -0.2) is 17.8 Å². The number of fused-ring (bicyclic) bond motifs is 1. The van der Waals surface area contributed by atoms with Crippen molar-refractivity contribution in [2.45, 2.75) is 31.0 Å². The fourth-order valence-corrected chi connectivity index (χ4v) is 4.95. The van der Waals surface area contributed by atoms with Gasteiger partial charge in [0.25, 0.3) is 0 Å². The Hall–Kier alpha value is -2.83. The Balaban J connectivity index is 1.78. The molecule has 1 unspecified atom stereocenters. The number of nitrogens with zero attached hydrogens (tertiary/aromatic N) is 3. The molecule has 3 aromatic heterocycles. The molecule has 6 nitrogen and oxygen atoms in total. The molecule has 0 saturated carbocycles. The maximum Gasteiger partial charge on any atom is 0.404 e. The van der Waals surface area contributed by atoms with E-state index in [0.29, 0.717) is 39.9 Å². The maximum absolute atomic E-state index is 14.1. The predicted molar refractivity (Wildman–Crippen MR) is 113 cm³/mol. The Kier molecular flexibility index (Phi) is 5.55. The predicted octanol–water partition coefficient (Wildman–Crippen LogP) is 4.83. The normalized spacial score (nSPS) is 13.6. The lowest BCUT2D eigenvalue weighted by atomic mass is 10.1. The molecular formula is C20H16F4N4O2S2. The highest BCUT2D eigenvalue weighted by atomic mass is 32.2. The van der Waals surface area contributed by atoms with Gasteiger partial charge in [0.15, 0.2) is 5.13 Å². The molecule has 1 N–H and O–H groups in total. The topological polar surface area (TPSA) is 76.9 Å². The van der Waals surface area contributed by atoms with Gasteiger partial charge in [-0.1, -0.05) is 0 Å². The van der Waals surface area contributed by atoms with Crippen molar-refractivity contribution in [1.82, 2.24) is 19.3 Å². The first-order chi connectivity index (χ1) is 15.0. The van der Waals surface area contributed by atoms with Gasteiger partial charge < -0.3 is 0 Å². The maximum atomic E-state index is 14.1. The van der Waals surface area contributed by atoms with Crippen molar-refractivity contribution in [3.63, 3.8) is 0 Å². The van der Waals surface area contributed by atoms with Crippen LogP contribution in [0, 0.1) is 12.7 Å². The highest BCUT2D eigenvalue weighted by Gasteiger charge is 2.39. The van der Waals surface area contributed by atoms with Crippen molar-refractivity contribution < 1.29 is 26.0 Å². The third kappa shape index (κ3) is 4.12. The molecule has 0 spiro atoms. The van der Waals surface area contributed by atoms with E-state index < -0.39 is 27.1 Å². The molecule has 0 bridgehead atoms. The van der Waals surface area contributed by atoms with Crippen LogP contribution in [0.25, 0.3) is 27.4 Å². The summed E-state index contributed by atoms with van der Waals surface area (Å²) in [5, 5.41) is 2.97. The molecule has 4 rings (SSSR count). The molecule has 0 aliphatic rings. The summed E-state index contributed by atoms with van der Waals surface area (Å²) in [5.74, 6) is -0.375. The van der Waals surface area contributed by atoms with Crippen molar-refractivity contribution in [3.8, 4) is 16.5 Å². The van der Waals surface area contributed by atoms with E-state index in [-0.39, 0.29) is 5.82 Å². The van der Waals surface area contributed by atoms with Crippen LogP contribution >= 0.6 is 11.3 Å². The zero-order valence-electron chi connectivity index (χ0n) is 16.7. The first kappa shape index (κ1) is 22.4. The fraction of sp³-hybridized carbons (Fsp3) is 0.200. The number of thiazole rings is 1. The van der Waals surface area contributed by atoms with E-state index in [0.717, 1.165) is 6.20 Å². The minimum Gasteiger partial charge on any atom is -0.284 e. The summed E-state index contributed by atoms with van der Waals surface area (Å²) in [5.41, 5.74) is 2.00. The standard InChI is InChI=1S/C20H16F4N4O2S2/c1-11-7-17-13(8-15(11)21)9-18(28(17)19-25-5-6-31-19)16-4-3-14(10-26-16)32(29,30)27-12(2)20(22,23)24/h3-10,12,27H,1-2H3. The van der Waals surface area contributed by atoms with Gasteiger partial charge in [-0.2, -0.15) is 17.9 Å². The van der Waals surface area contributed by atoms with Gasteiger partial charge in [0.2, 0.25) is 10.0 Å². The zero-order valence-corrected chi connectivity index (χ0v) is 18.3. The second-order valence-electron chi connectivity index (χ2n) is 7.10. The van der Waals surface area contributed by atoms with Crippen LogP contribution in [0.1, 0.15) is 12.5 Å². The number of nitrogens with one attached hydrogen (secondary N) is 1. The molecule has 0 aliphatic carbocycles.